The standard InChI is InChI=1S/C3H4O/c1-3-2-4-3/h1-2H2. The zero-order chi connectivity index (χ0) is 2.99. The van der Waals surface area contributed by atoms with Crippen molar-refractivity contribution in [3.63, 3.8) is 0 Å². The van der Waals surface area contributed by atoms with Crippen molar-refractivity contribution in [1.29, 1.82) is 0 Å². The van der Waals surface area contributed by atoms with Crippen LogP contribution in [0.3, 0.4) is 0 Å². The molecule has 1 fully saturated rings. The van der Waals surface area contributed by atoms with Crippen molar-refractivity contribution in [3.8, 4) is 0 Å². The van der Waals surface area contributed by atoms with Crippen molar-refractivity contribution in [3.05, 3.63) is 12.3 Å². The van der Waals surface area contributed by atoms with Crippen LogP contribution in [-0.2, 0) is 4.74 Å². The SMILES string of the molecule is C=C1CO1. The number of hydrogen-bond donors (Lipinski definition) is 0. The van der Waals surface area contributed by atoms with Crippen LogP contribution < -0.4 is 0 Å². The van der Waals surface area contributed by atoms with Crippen LogP contribution in [0.25, 0.3) is 0 Å². The van der Waals surface area contributed by atoms with Crippen molar-refractivity contribution < 1.29 is 4.74 Å². The van der Waals surface area contributed by atoms with Crippen LogP contribution in [0, 0.1) is 0 Å². The third kappa shape index (κ3) is 0.0696. The van der Waals surface area contributed by atoms with Gasteiger partial charge < -0.3 is 4.74 Å². The van der Waals surface area contributed by atoms with Crippen LogP contribution in [0.4, 0.5) is 0 Å². The lowest BCUT2D eigenvalue weighted by atomic mass is 10.8. The molecule has 1 nitrogen and oxygen atoms in total. The zero-order valence-corrected chi connectivity index (χ0v) is 2.32. The average molecular weight is 56.1 g/mol. The molecular formula is C3H4O. The smallest absolute Gasteiger partial charge is 0.144 e. The van der Waals surface area contributed by atoms with E-state index in [4.69, 9.17) is 0 Å². The van der Waals surface area contributed by atoms with Gasteiger partial charge in [-0.1, -0.05) is 6.58 Å². The summed E-state index contributed by atoms with van der Waals surface area (Å²) in [5.41, 5.74) is 0. The Hall–Kier alpha value is -0.460. The topological polar surface area (TPSA) is 12.5 Å². The molecule has 1 heteroatoms. The van der Waals surface area contributed by atoms with Gasteiger partial charge in [-0.25, -0.2) is 0 Å². The Kier molecular flexibility index (Phi) is 0.133. The molecule has 1 heterocycles. The minimum atomic E-state index is 0.792. The predicted molar refractivity (Wildman–Crippen MR) is 15.1 cm³/mol. The molecule has 0 aromatic carbocycles. The normalized spacial score (nSPS) is 19.5. The van der Waals surface area contributed by atoms with Gasteiger partial charge in [0.25, 0.3) is 0 Å². The second-order valence-corrected chi connectivity index (χ2v) is 0.827. The Morgan fingerprint density at radius 3 is 2.25 bits per heavy atom. The highest BCUT2D eigenvalue weighted by atomic mass is 16.6. The summed E-state index contributed by atoms with van der Waals surface area (Å²) in [6.07, 6.45) is 0. The maximum absolute atomic E-state index is 4.51. The second-order valence-electron chi connectivity index (χ2n) is 0.827. The quantitative estimate of drug-likeness (QED) is 0.369. The van der Waals surface area contributed by atoms with Crippen molar-refractivity contribution in [2.45, 2.75) is 0 Å². The largest absolute Gasteiger partial charge is 0.487 e. The first kappa shape index (κ1) is 1.82. The van der Waals surface area contributed by atoms with E-state index < -0.39 is 0 Å². The van der Waals surface area contributed by atoms with E-state index in [0.717, 1.165) is 12.4 Å². The summed E-state index contributed by atoms with van der Waals surface area (Å²) < 4.78 is 4.51. The fourth-order valence-corrected chi connectivity index (χ4v) is 0.0510. The van der Waals surface area contributed by atoms with Crippen LogP contribution in [0.5, 0.6) is 0 Å². The number of hydrogen-bond acceptors (Lipinski definition) is 1. The molecule has 0 bridgehead atoms. The first-order chi connectivity index (χ1) is 1.89. The van der Waals surface area contributed by atoms with Gasteiger partial charge in [0.1, 0.15) is 12.4 Å². The molecule has 1 saturated heterocycles. The van der Waals surface area contributed by atoms with Crippen molar-refractivity contribution in [2.75, 3.05) is 6.61 Å². The van der Waals surface area contributed by atoms with Gasteiger partial charge in [-0.3, -0.25) is 0 Å². The van der Waals surface area contributed by atoms with E-state index in [9.17, 15) is 0 Å². The van der Waals surface area contributed by atoms with Crippen LogP contribution >= 0.6 is 0 Å². The van der Waals surface area contributed by atoms with E-state index in [1.807, 2.05) is 0 Å². The van der Waals surface area contributed by atoms with E-state index >= 15 is 0 Å². The lowest BCUT2D eigenvalue weighted by Crippen LogP contribution is -1.21. The molecule has 0 aliphatic carbocycles. The summed E-state index contributed by atoms with van der Waals surface area (Å²) >= 11 is 0. The van der Waals surface area contributed by atoms with Gasteiger partial charge in [0.05, 0.1) is 0 Å². The molecule has 1 rings (SSSR count). The van der Waals surface area contributed by atoms with Crippen molar-refractivity contribution in [1.82, 2.24) is 0 Å². The lowest BCUT2D eigenvalue weighted by Gasteiger charge is -1.39. The lowest BCUT2D eigenvalue weighted by molar-refractivity contribution is 0.511. The molecule has 0 N–H and O–H groups in total. The molecule has 0 radical (unpaired) electrons. The Bertz CT molecular complexity index is 41.2. The Morgan fingerprint density at radius 1 is 2.00 bits per heavy atom. The van der Waals surface area contributed by atoms with Crippen LogP contribution in [0.1, 0.15) is 0 Å². The van der Waals surface area contributed by atoms with Crippen LogP contribution in [0.2, 0.25) is 0 Å². The zero-order valence-electron chi connectivity index (χ0n) is 2.32. The van der Waals surface area contributed by atoms with E-state index in [2.05, 4.69) is 11.3 Å². The molecule has 1 aliphatic heterocycles. The predicted octanol–water partition coefficient (Wildman–Crippen LogP) is 0.530. The number of ether oxygens (including phenoxy) is 1. The summed E-state index contributed by atoms with van der Waals surface area (Å²) in [5, 5.41) is 0. The van der Waals surface area contributed by atoms with Gasteiger partial charge >= 0.3 is 0 Å². The minimum absolute atomic E-state index is 0.792. The minimum Gasteiger partial charge on any atom is -0.487 e. The van der Waals surface area contributed by atoms with Gasteiger partial charge in [0.2, 0.25) is 0 Å². The number of rotatable bonds is 0. The van der Waals surface area contributed by atoms with E-state index in [-0.39, 0.29) is 0 Å². The van der Waals surface area contributed by atoms with Gasteiger partial charge in [0, 0.05) is 0 Å². The molecule has 4 heavy (non-hydrogen) atoms. The Morgan fingerprint density at radius 2 is 2.25 bits per heavy atom. The van der Waals surface area contributed by atoms with Crippen molar-refractivity contribution >= 4 is 0 Å². The first-order valence-electron chi connectivity index (χ1n) is 1.20. The van der Waals surface area contributed by atoms with Gasteiger partial charge in [-0.2, -0.15) is 0 Å². The average Bonchev–Trinajstić information content (AvgIpc) is 1.75. The molecule has 0 aromatic rings. The summed E-state index contributed by atoms with van der Waals surface area (Å²) in [4.78, 5) is 0. The fourth-order valence-electron chi connectivity index (χ4n) is 0.0510. The maximum Gasteiger partial charge on any atom is 0.144 e. The van der Waals surface area contributed by atoms with E-state index in [0.29, 0.717) is 0 Å². The molecule has 0 saturated carbocycles. The molecule has 22 valence electrons. The summed E-state index contributed by atoms with van der Waals surface area (Å²) in [6, 6.07) is 0. The molecule has 0 unspecified atom stereocenters. The third-order valence-corrected chi connectivity index (χ3v) is 0.348. The molecule has 1 aliphatic rings. The fraction of sp³-hybridized carbons (Fsp3) is 0.333. The highest BCUT2D eigenvalue weighted by Crippen LogP contribution is 2.07. The third-order valence-electron chi connectivity index (χ3n) is 0.348. The van der Waals surface area contributed by atoms with Gasteiger partial charge in [-0.15, -0.1) is 0 Å². The molecular weight excluding hydrogens is 52.0 g/mol. The molecule has 0 amide bonds. The first-order valence-corrected chi connectivity index (χ1v) is 1.20. The monoisotopic (exact) mass is 56.0 g/mol. The highest BCUT2D eigenvalue weighted by molar-refractivity contribution is 4.94. The van der Waals surface area contributed by atoms with E-state index in [1.54, 1.807) is 0 Å². The van der Waals surface area contributed by atoms with E-state index in [1.165, 1.54) is 0 Å². The molecule has 0 atom stereocenters. The van der Waals surface area contributed by atoms with Crippen LogP contribution in [0.15, 0.2) is 12.3 Å². The highest BCUT2D eigenvalue weighted by Gasteiger charge is 2.05. The van der Waals surface area contributed by atoms with Gasteiger partial charge in [0.15, 0.2) is 0 Å². The maximum atomic E-state index is 4.51. The van der Waals surface area contributed by atoms with Gasteiger partial charge in [-0.05, 0) is 0 Å². The summed E-state index contributed by atoms with van der Waals surface area (Å²) in [5.74, 6) is 0.917. The molecule has 0 aromatic heterocycles. The second kappa shape index (κ2) is 0.292. The van der Waals surface area contributed by atoms with Crippen molar-refractivity contribution in [2.24, 2.45) is 0 Å². The molecule has 0 spiro atoms. The Labute approximate surface area is 24.9 Å². The van der Waals surface area contributed by atoms with Crippen LogP contribution in [-0.4, -0.2) is 6.61 Å². The Balaban J connectivity index is 2.60. The summed E-state index contributed by atoms with van der Waals surface area (Å²) in [6.45, 7) is 4.24. The summed E-state index contributed by atoms with van der Waals surface area (Å²) in [7, 11) is 0. The number of epoxide rings is 1.